The molecule has 0 saturated heterocycles. The first kappa shape index (κ1) is 19.7. The Morgan fingerprint density at radius 1 is 1.00 bits per heavy atom. The van der Waals surface area contributed by atoms with E-state index >= 15 is 0 Å². The Hall–Kier alpha value is -2.21. The van der Waals surface area contributed by atoms with E-state index in [1.807, 2.05) is 10.3 Å². The number of hydrogen-bond donors (Lipinski definition) is 1. The van der Waals surface area contributed by atoms with E-state index < -0.39 is 0 Å². The van der Waals surface area contributed by atoms with Crippen molar-refractivity contribution in [2.45, 2.75) is 64.2 Å². The van der Waals surface area contributed by atoms with Crippen LogP contribution in [0.15, 0.2) is 23.6 Å². The van der Waals surface area contributed by atoms with Gasteiger partial charge in [0.25, 0.3) is 0 Å². The van der Waals surface area contributed by atoms with E-state index in [2.05, 4.69) is 28.5 Å². The lowest BCUT2D eigenvalue weighted by atomic mass is 9.88. The van der Waals surface area contributed by atoms with Gasteiger partial charge < -0.3 is 10.2 Å². The van der Waals surface area contributed by atoms with E-state index in [0.717, 1.165) is 68.4 Å². The molecule has 2 saturated carbocycles. The molecule has 0 spiro atoms. The quantitative estimate of drug-likeness (QED) is 0.715. The van der Waals surface area contributed by atoms with E-state index in [-0.39, 0.29) is 17.7 Å². The standard InChI is InChI=1S/C24H29N3O2S/c28-22(16-6-4-5-7-16)26-24-25-20(15-30-24)18-10-11-21-19(14-18)12-13-27(21)23(29)17-8-2-1-3-9-17/h10-11,14-17H,1-9,12-13H2,(H,25,26,28). The number of benzene rings is 1. The molecule has 5 rings (SSSR count). The van der Waals surface area contributed by atoms with Crippen LogP contribution in [0.2, 0.25) is 0 Å². The lowest BCUT2D eigenvalue weighted by molar-refractivity contribution is -0.123. The number of fused-ring (bicyclic) bond motifs is 1. The number of nitrogens with zero attached hydrogens (tertiary/aromatic N) is 2. The molecule has 1 aliphatic heterocycles. The van der Waals surface area contributed by atoms with Crippen LogP contribution in [-0.2, 0) is 16.0 Å². The Labute approximate surface area is 181 Å². The molecule has 2 aliphatic carbocycles. The van der Waals surface area contributed by atoms with E-state index in [9.17, 15) is 9.59 Å². The van der Waals surface area contributed by atoms with Gasteiger partial charge >= 0.3 is 0 Å². The molecule has 1 N–H and O–H groups in total. The number of anilines is 2. The number of thiazole rings is 1. The SMILES string of the molecule is O=C(Nc1nc(-c2ccc3c(c2)CCN3C(=O)C2CCCCC2)cs1)C1CCCC1. The van der Waals surface area contributed by atoms with Gasteiger partial charge in [-0.25, -0.2) is 4.98 Å². The predicted molar refractivity (Wildman–Crippen MR) is 121 cm³/mol. The predicted octanol–water partition coefficient (Wildman–Crippen LogP) is 5.41. The van der Waals surface area contributed by atoms with Gasteiger partial charge in [0, 0.05) is 35.0 Å². The van der Waals surface area contributed by atoms with Gasteiger partial charge in [0.1, 0.15) is 0 Å². The van der Waals surface area contributed by atoms with Crippen molar-refractivity contribution in [2.75, 3.05) is 16.8 Å². The first-order valence-corrected chi connectivity index (χ1v) is 12.3. The first-order chi connectivity index (χ1) is 14.7. The number of amides is 2. The lowest BCUT2D eigenvalue weighted by Crippen LogP contribution is -2.35. The zero-order chi connectivity index (χ0) is 20.5. The Balaban J connectivity index is 1.29. The largest absolute Gasteiger partial charge is 0.312 e. The van der Waals surface area contributed by atoms with Crippen molar-refractivity contribution in [3.05, 3.63) is 29.1 Å². The number of rotatable bonds is 4. The highest BCUT2D eigenvalue weighted by Crippen LogP contribution is 2.36. The maximum Gasteiger partial charge on any atom is 0.230 e. The van der Waals surface area contributed by atoms with Gasteiger partial charge in [0.2, 0.25) is 11.8 Å². The molecule has 30 heavy (non-hydrogen) atoms. The Bertz CT molecular complexity index is 942. The summed E-state index contributed by atoms with van der Waals surface area (Å²) in [5.74, 6) is 0.768. The Morgan fingerprint density at radius 2 is 1.73 bits per heavy atom. The van der Waals surface area contributed by atoms with Crippen molar-refractivity contribution in [3.63, 3.8) is 0 Å². The van der Waals surface area contributed by atoms with E-state index in [1.54, 1.807) is 0 Å². The van der Waals surface area contributed by atoms with Crippen LogP contribution in [0.4, 0.5) is 10.8 Å². The maximum absolute atomic E-state index is 13.0. The molecule has 0 atom stereocenters. The third kappa shape index (κ3) is 3.89. The second-order valence-electron chi connectivity index (χ2n) is 8.93. The lowest BCUT2D eigenvalue weighted by Gasteiger charge is -2.26. The normalized spacial score (nSPS) is 19.8. The second-order valence-corrected chi connectivity index (χ2v) is 9.78. The molecule has 0 bridgehead atoms. The monoisotopic (exact) mass is 423 g/mol. The molecule has 2 heterocycles. The summed E-state index contributed by atoms with van der Waals surface area (Å²) in [7, 11) is 0. The smallest absolute Gasteiger partial charge is 0.230 e. The minimum Gasteiger partial charge on any atom is -0.312 e. The van der Waals surface area contributed by atoms with E-state index in [1.165, 1.54) is 36.2 Å². The first-order valence-electron chi connectivity index (χ1n) is 11.4. The van der Waals surface area contributed by atoms with Crippen LogP contribution in [0, 0.1) is 11.8 Å². The molecule has 2 aromatic rings. The minimum atomic E-state index is 0.110. The number of carbonyl (C=O) groups is 2. The van der Waals surface area contributed by atoms with E-state index in [0.29, 0.717) is 11.0 Å². The minimum absolute atomic E-state index is 0.110. The average molecular weight is 424 g/mol. The zero-order valence-electron chi connectivity index (χ0n) is 17.4. The second kappa shape index (κ2) is 8.50. The molecule has 3 aliphatic rings. The molecule has 2 fully saturated rings. The molecule has 1 aromatic carbocycles. The van der Waals surface area contributed by atoms with Crippen LogP contribution in [-0.4, -0.2) is 23.3 Å². The van der Waals surface area contributed by atoms with Crippen molar-refractivity contribution in [1.29, 1.82) is 0 Å². The van der Waals surface area contributed by atoms with Crippen molar-refractivity contribution in [1.82, 2.24) is 4.98 Å². The van der Waals surface area contributed by atoms with Gasteiger partial charge in [-0.2, -0.15) is 0 Å². The van der Waals surface area contributed by atoms with Crippen molar-refractivity contribution >= 4 is 34.0 Å². The summed E-state index contributed by atoms with van der Waals surface area (Å²) in [5.41, 5.74) is 4.24. The van der Waals surface area contributed by atoms with Gasteiger partial charge in [-0.1, -0.05) is 38.2 Å². The number of nitrogens with one attached hydrogen (secondary N) is 1. The van der Waals surface area contributed by atoms with Crippen LogP contribution < -0.4 is 10.2 Å². The number of aromatic nitrogens is 1. The average Bonchev–Trinajstić information content (AvgIpc) is 3.53. The van der Waals surface area contributed by atoms with Crippen LogP contribution in [0.3, 0.4) is 0 Å². The fourth-order valence-corrected chi connectivity index (χ4v) is 5.94. The Morgan fingerprint density at radius 3 is 2.53 bits per heavy atom. The van der Waals surface area contributed by atoms with Gasteiger partial charge in [0.05, 0.1) is 5.69 Å². The van der Waals surface area contributed by atoms with Crippen molar-refractivity contribution in [2.24, 2.45) is 11.8 Å². The van der Waals surface area contributed by atoms with Crippen molar-refractivity contribution < 1.29 is 9.59 Å². The highest BCUT2D eigenvalue weighted by atomic mass is 32.1. The summed E-state index contributed by atoms with van der Waals surface area (Å²) in [4.78, 5) is 32.0. The highest BCUT2D eigenvalue weighted by molar-refractivity contribution is 7.14. The van der Waals surface area contributed by atoms with Crippen LogP contribution in [0.1, 0.15) is 63.4 Å². The van der Waals surface area contributed by atoms with Gasteiger partial charge in [-0.15, -0.1) is 11.3 Å². The summed E-state index contributed by atoms with van der Waals surface area (Å²) in [6, 6.07) is 6.30. The van der Waals surface area contributed by atoms with Crippen LogP contribution >= 0.6 is 11.3 Å². The molecular weight excluding hydrogens is 394 g/mol. The molecule has 1 aromatic heterocycles. The molecule has 6 heteroatoms. The summed E-state index contributed by atoms with van der Waals surface area (Å²) in [6.45, 7) is 0.786. The molecular formula is C24H29N3O2S. The molecule has 158 valence electrons. The van der Waals surface area contributed by atoms with Gasteiger partial charge in [-0.05, 0) is 49.8 Å². The highest BCUT2D eigenvalue weighted by Gasteiger charge is 2.31. The summed E-state index contributed by atoms with van der Waals surface area (Å²) in [6.07, 6.45) is 10.9. The molecule has 5 nitrogen and oxygen atoms in total. The molecule has 2 amide bonds. The zero-order valence-corrected chi connectivity index (χ0v) is 18.2. The molecule has 0 radical (unpaired) electrons. The fourth-order valence-electron chi connectivity index (χ4n) is 5.22. The molecule has 0 unspecified atom stereocenters. The number of carbonyl (C=O) groups excluding carboxylic acids is 2. The van der Waals surface area contributed by atoms with E-state index in [4.69, 9.17) is 0 Å². The van der Waals surface area contributed by atoms with Crippen LogP contribution in [0.25, 0.3) is 11.3 Å². The van der Waals surface area contributed by atoms with Gasteiger partial charge in [0.15, 0.2) is 5.13 Å². The summed E-state index contributed by atoms with van der Waals surface area (Å²) >= 11 is 1.48. The third-order valence-electron chi connectivity index (χ3n) is 6.95. The van der Waals surface area contributed by atoms with Gasteiger partial charge in [-0.3, -0.25) is 9.59 Å². The summed E-state index contributed by atoms with van der Waals surface area (Å²) < 4.78 is 0. The third-order valence-corrected chi connectivity index (χ3v) is 7.71. The maximum atomic E-state index is 13.0. The number of hydrogen-bond acceptors (Lipinski definition) is 4. The van der Waals surface area contributed by atoms with Crippen LogP contribution in [0.5, 0.6) is 0 Å². The van der Waals surface area contributed by atoms with Crippen molar-refractivity contribution in [3.8, 4) is 11.3 Å². The summed E-state index contributed by atoms with van der Waals surface area (Å²) in [5, 5.41) is 5.68. The Kier molecular flexibility index (Phi) is 5.59. The topological polar surface area (TPSA) is 62.3 Å². The fraction of sp³-hybridized carbons (Fsp3) is 0.542.